The highest BCUT2D eigenvalue weighted by atomic mass is 16.5. The molecule has 0 aliphatic carbocycles. The quantitative estimate of drug-likeness (QED) is 0.715. The number of rotatable bonds is 6. The van der Waals surface area contributed by atoms with Crippen LogP contribution >= 0.6 is 0 Å². The SMILES string of the molecule is CN1CCC(Oc2ccc(-c3nccn3Cc3cccc(CN)c3)cc2)CC1. The Kier molecular flexibility index (Phi) is 5.74. The second kappa shape index (κ2) is 8.59. The second-order valence-corrected chi connectivity index (χ2v) is 7.55. The Labute approximate surface area is 166 Å². The number of hydrogen-bond acceptors (Lipinski definition) is 4. The molecule has 5 nitrogen and oxygen atoms in total. The molecule has 2 heterocycles. The third-order valence-electron chi connectivity index (χ3n) is 5.38. The van der Waals surface area contributed by atoms with Gasteiger partial charge in [0.25, 0.3) is 0 Å². The Balaban J connectivity index is 1.45. The van der Waals surface area contributed by atoms with E-state index >= 15 is 0 Å². The largest absolute Gasteiger partial charge is 0.490 e. The molecule has 2 N–H and O–H groups in total. The molecule has 0 radical (unpaired) electrons. The van der Waals surface area contributed by atoms with Crippen molar-refractivity contribution in [2.75, 3.05) is 20.1 Å². The van der Waals surface area contributed by atoms with Crippen molar-refractivity contribution in [1.29, 1.82) is 0 Å². The van der Waals surface area contributed by atoms with Crippen molar-refractivity contribution in [3.05, 3.63) is 72.1 Å². The number of benzene rings is 2. The van der Waals surface area contributed by atoms with Gasteiger partial charge in [-0.3, -0.25) is 0 Å². The highest BCUT2D eigenvalue weighted by molar-refractivity contribution is 5.57. The van der Waals surface area contributed by atoms with E-state index in [2.05, 4.69) is 70.0 Å². The van der Waals surface area contributed by atoms with E-state index in [4.69, 9.17) is 10.5 Å². The molecule has 0 spiro atoms. The summed E-state index contributed by atoms with van der Waals surface area (Å²) in [5.41, 5.74) is 9.23. The molecule has 0 atom stereocenters. The van der Waals surface area contributed by atoms with Crippen LogP contribution in [0.1, 0.15) is 24.0 Å². The normalized spacial score (nSPS) is 15.6. The molecule has 4 rings (SSSR count). The van der Waals surface area contributed by atoms with E-state index in [0.29, 0.717) is 12.6 Å². The molecule has 0 bridgehead atoms. The van der Waals surface area contributed by atoms with E-state index in [-0.39, 0.29) is 0 Å². The summed E-state index contributed by atoms with van der Waals surface area (Å²) < 4.78 is 8.33. The molecule has 0 saturated carbocycles. The Morgan fingerprint density at radius 2 is 1.82 bits per heavy atom. The standard InChI is InChI=1S/C23H28N4O/c1-26-12-9-22(10-13-26)28-21-7-5-20(6-8-21)23-25-11-14-27(23)17-19-4-2-3-18(15-19)16-24/h2-8,11,14-15,22H,9-10,12-13,16-17,24H2,1H3. The van der Waals surface area contributed by atoms with E-state index in [9.17, 15) is 0 Å². The molecule has 1 aliphatic heterocycles. The van der Waals surface area contributed by atoms with Crippen molar-refractivity contribution in [2.45, 2.75) is 32.0 Å². The predicted octanol–water partition coefficient (Wildman–Crippen LogP) is 3.53. The average molecular weight is 377 g/mol. The fraction of sp³-hybridized carbons (Fsp3) is 0.348. The van der Waals surface area contributed by atoms with Crippen LogP contribution in [-0.2, 0) is 13.1 Å². The zero-order valence-corrected chi connectivity index (χ0v) is 16.4. The maximum absolute atomic E-state index is 6.16. The molecule has 0 amide bonds. The lowest BCUT2D eigenvalue weighted by Gasteiger charge is -2.29. The fourth-order valence-electron chi connectivity index (χ4n) is 3.73. The zero-order chi connectivity index (χ0) is 19.3. The van der Waals surface area contributed by atoms with Crippen LogP contribution in [0.15, 0.2) is 60.9 Å². The van der Waals surface area contributed by atoms with Gasteiger partial charge in [0, 0.05) is 44.1 Å². The summed E-state index contributed by atoms with van der Waals surface area (Å²) in [7, 11) is 2.17. The zero-order valence-electron chi connectivity index (χ0n) is 16.4. The van der Waals surface area contributed by atoms with Crippen LogP contribution < -0.4 is 10.5 Å². The molecule has 2 aromatic carbocycles. The highest BCUT2D eigenvalue weighted by Gasteiger charge is 2.18. The summed E-state index contributed by atoms with van der Waals surface area (Å²) in [4.78, 5) is 6.92. The lowest BCUT2D eigenvalue weighted by Crippen LogP contribution is -2.35. The number of ether oxygens (including phenoxy) is 1. The maximum Gasteiger partial charge on any atom is 0.140 e. The fourth-order valence-corrected chi connectivity index (χ4v) is 3.73. The first kappa shape index (κ1) is 18.7. The molecule has 1 fully saturated rings. The molecular weight excluding hydrogens is 348 g/mol. The minimum atomic E-state index is 0.318. The van der Waals surface area contributed by atoms with Gasteiger partial charge in [0.1, 0.15) is 17.7 Å². The van der Waals surface area contributed by atoms with Gasteiger partial charge < -0.3 is 19.9 Å². The van der Waals surface area contributed by atoms with Crippen molar-refractivity contribution in [1.82, 2.24) is 14.5 Å². The van der Waals surface area contributed by atoms with Gasteiger partial charge in [-0.1, -0.05) is 24.3 Å². The molecule has 28 heavy (non-hydrogen) atoms. The smallest absolute Gasteiger partial charge is 0.140 e. The highest BCUT2D eigenvalue weighted by Crippen LogP contribution is 2.24. The minimum absolute atomic E-state index is 0.318. The third-order valence-corrected chi connectivity index (χ3v) is 5.38. The summed E-state index contributed by atoms with van der Waals surface area (Å²) in [6.45, 7) is 3.54. The topological polar surface area (TPSA) is 56.3 Å². The van der Waals surface area contributed by atoms with Gasteiger partial charge in [-0.05, 0) is 55.3 Å². The number of nitrogens with zero attached hydrogens (tertiary/aromatic N) is 3. The van der Waals surface area contributed by atoms with E-state index in [1.165, 1.54) is 5.56 Å². The number of aromatic nitrogens is 2. The maximum atomic E-state index is 6.16. The Morgan fingerprint density at radius 1 is 1.07 bits per heavy atom. The summed E-state index contributed by atoms with van der Waals surface area (Å²) in [6, 6.07) is 16.7. The van der Waals surface area contributed by atoms with Gasteiger partial charge in [-0.15, -0.1) is 0 Å². The van der Waals surface area contributed by atoms with E-state index in [1.807, 2.05) is 12.4 Å². The van der Waals surface area contributed by atoms with Gasteiger partial charge >= 0.3 is 0 Å². The van der Waals surface area contributed by atoms with Gasteiger partial charge in [0.05, 0.1) is 0 Å². The lowest BCUT2D eigenvalue weighted by molar-refractivity contribution is 0.114. The molecule has 0 unspecified atom stereocenters. The molecule has 5 heteroatoms. The second-order valence-electron chi connectivity index (χ2n) is 7.55. The van der Waals surface area contributed by atoms with Gasteiger partial charge in [0.2, 0.25) is 0 Å². The van der Waals surface area contributed by atoms with Crippen molar-refractivity contribution in [2.24, 2.45) is 5.73 Å². The van der Waals surface area contributed by atoms with Crippen molar-refractivity contribution in [3.63, 3.8) is 0 Å². The summed E-state index contributed by atoms with van der Waals surface area (Å²) >= 11 is 0. The monoisotopic (exact) mass is 376 g/mol. The summed E-state index contributed by atoms with van der Waals surface area (Å²) in [5, 5.41) is 0. The lowest BCUT2D eigenvalue weighted by atomic mass is 10.1. The Hall–Kier alpha value is -2.63. The first-order valence-electron chi connectivity index (χ1n) is 9.96. The van der Waals surface area contributed by atoms with Crippen LogP contribution in [0.3, 0.4) is 0 Å². The van der Waals surface area contributed by atoms with Crippen LogP contribution in [0.25, 0.3) is 11.4 Å². The minimum Gasteiger partial charge on any atom is -0.490 e. The predicted molar refractivity (Wildman–Crippen MR) is 112 cm³/mol. The van der Waals surface area contributed by atoms with Crippen LogP contribution in [0.4, 0.5) is 0 Å². The number of likely N-dealkylation sites (tertiary alicyclic amines) is 1. The van der Waals surface area contributed by atoms with Gasteiger partial charge in [-0.25, -0.2) is 4.98 Å². The molecule has 1 aliphatic rings. The molecule has 3 aromatic rings. The van der Waals surface area contributed by atoms with Crippen LogP contribution in [0.2, 0.25) is 0 Å². The summed E-state index contributed by atoms with van der Waals surface area (Å²) in [6.07, 6.45) is 6.37. The molecule has 1 aromatic heterocycles. The first-order valence-corrected chi connectivity index (χ1v) is 9.96. The third kappa shape index (κ3) is 4.43. The number of nitrogens with two attached hydrogens (primary N) is 1. The molecule has 1 saturated heterocycles. The van der Waals surface area contributed by atoms with Crippen molar-refractivity contribution >= 4 is 0 Å². The molecule has 146 valence electrons. The first-order chi connectivity index (χ1) is 13.7. The summed E-state index contributed by atoms with van der Waals surface area (Å²) in [5.74, 6) is 1.90. The Bertz CT molecular complexity index is 895. The van der Waals surface area contributed by atoms with Crippen molar-refractivity contribution in [3.8, 4) is 17.1 Å². The number of hydrogen-bond donors (Lipinski definition) is 1. The van der Waals surface area contributed by atoms with Gasteiger partial charge in [0.15, 0.2) is 0 Å². The molecular formula is C23H28N4O. The van der Waals surface area contributed by atoms with Crippen LogP contribution in [-0.4, -0.2) is 40.7 Å². The van der Waals surface area contributed by atoms with Crippen LogP contribution in [0.5, 0.6) is 5.75 Å². The van der Waals surface area contributed by atoms with E-state index in [1.54, 1.807) is 0 Å². The average Bonchev–Trinajstić information content (AvgIpc) is 3.18. The number of piperidine rings is 1. The van der Waals surface area contributed by atoms with E-state index < -0.39 is 0 Å². The van der Waals surface area contributed by atoms with E-state index in [0.717, 1.165) is 55.2 Å². The van der Waals surface area contributed by atoms with Crippen molar-refractivity contribution < 1.29 is 4.74 Å². The number of imidazole rings is 1. The Morgan fingerprint density at radius 3 is 2.57 bits per heavy atom. The van der Waals surface area contributed by atoms with Gasteiger partial charge in [-0.2, -0.15) is 0 Å². The van der Waals surface area contributed by atoms with Crippen LogP contribution in [0, 0.1) is 0 Å².